The van der Waals surface area contributed by atoms with Gasteiger partial charge in [0.05, 0.1) is 6.04 Å². The van der Waals surface area contributed by atoms with Crippen LogP contribution >= 0.6 is 0 Å². The molecule has 1 atom stereocenters. The van der Waals surface area contributed by atoms with Crippen molar-refractivity contribution in [3.05, 3.63) is 71.4 Å². The first-order chi connectivity index (χ1) is 11.7. The van der Waals surface area contributed by atoms with Gasteiger partial charge in [0.1, 0.15) is 0 Å². The summed E-state index contributed by atoms with van der Waals surface area (Å²) in [4.78, 5) is 28.5. The number of aliphatic carboxylic acids is 1. The van der Waals surface area contributed by atoms with Gasteiger partial charge in [-0.25, -0.2) is 0 Å². The van der Waals surface area contributed by atoms with E-state index in [1.165, 1.54) is 0 Å². The average molecular weight is 319 g/mol. The highest BCUT2D eigenvalue weighted by molar-refractivity contribution is 6.01. The second kappa shape index (κ2) is 5.53. The van der Waals surface area contributed by atoms with E-state index in [2.05, 4.69) is 4.98 Å². The maximum atomic E-state index is 12.8. The number of carbonyl (C=O) groups excluding carboxylic acids is 2. The van der Waals surface area contributed by atoms with Crippen LogP contribution < -0.4 is 5.11 Å². The Morgan fingerprint density at radius 2 is 1.83 bits per heavy atom. The number of hydrogen-bond donors (Lipinski definition) is 1. The highest BCUT2D eigenvalue weighted by atomic mass is 16.4. The summed E-state index contributed by atoms with van der Waals surface area (Å²) in [5.74, 6) is -1.29. The molecule has 0 fully saturated rings. The van der Waals surface area contributed by atoms with Crippen LogP contribution in [0.3, 0.4) is 0 Å². The Balaban J connectivity index is 1.85. The fourth-order valence-electron chi connectivity index (χ4n) is 3.47. The van der Waals surface area contributed by atoms with E-state index in [1.807, 2.05) is 48.7 Å². The molecule has 5 heteroatoms. The topological polar surface area (TPSA) is 76.2 Å². The minimum Gasteiger partial charge on any atom is -0.550 e. The summed E-state index contributed by atoms with van der Waals surface area (Å²) in [5, 5.41) is 11.9. The number of amides is 1. The quantitative estimate of drug-likeness (QED) is 0.797. The van der Waals surface area contributed by atoms with Crippen LogP contribution in [0.25, 0.3) is 10.9 Å². The van der Waals surface area contributed by atoms with E-state index in [4.69, 9.17) is 0 Å². The maximum Gasteiger partial charge on any atom is 0.255 e. The van der Waals surface area contributed by atoms with Gasteiger partial charge in [0.15, 0.2) is 0 Å². The molecule has 24 heavy (non-hydrogen) atoms. The standard InChI is InChI=1S/C19H16N2O3/c22-17(23)9-10-21-18(13-6-1-2-7-14(13)19(21)24)15-11-20-16-8-4-3-5-12(15)16/h1-8,11,18,20H,9-10H2,(H,22,23)/p-1/t18-/m0/s1. The molecule has 0 bridgehead atoms. The predicted octanol–water partition coefficient (Wildman–Crippen LogP) is 1.85. The molecule has 0 saturated heterocycles. The molecule has 0 radical (unpaired) electrons. The lowest BCUT2D eigenvalue weighted by molar-refractivity contribution is -0.305. The van der Waals surface area contributed by atoms with Crippen LogP contribution in [0.5, 0.6) is 0 Å². The molecule has 3 aromatic rings. The Morgan fingerprint density at radius 1 is 1.08 bits per heavy atom. The van der Waals surface area contributed by atoms with Gasteiger partial charge in [0.25, 0.3) is 5.91 Å². The number of para-hydroxylation sites is 1. The van der Waals surface area contributed by atoms with Crippen molar-refractivity contribution >= 4 is 22.8 Å². The minimum absolute atomic E-state index is 0.125. The summed E-state index contributed by atoms with van der Waals surface area (Å²) in [6, 6.07) is 15.0. The van der Waals surface area contributed by atoms with Crippen LogP contribution in [-0.4, -0.2) is 28.3 Å². The van der Waals surface area contributed by atoms with Crippen LogP contribution in [0, 0.1) is 0 Å². The molecule has 2 aromatic carbocycles. The van der Waals surface area contributed by atoms with Crippen molar-refractivity contribution in [2.75, 3.05) is 6.54 Å². The second-order valence-corrected chi connectivity index (χ2v) is 5.90. The number of fused-ring (bicyclic) bond motifs is 2. The molecule has 1 aliphatic rings. The van der Waals surface area contributed by atoms with Gasteiger partial charge in [0.2, 0.25) is 0 Å². The molecule has 120 valence electrons. The molecule has 0 aliphatic carbocycles. The lowest BCUT2D eigenvalue weighted by Gasteiger charge is -2.25. The highest BCUT2D eigenvalue weighted by Crippen LogP contribution is 2.40. The predicted molar refractivity (Wildman–Crippen MR) is 87.2 cm³/mol. The number of hydrogen-bond acceptors (Lipinski definition) is 3. The first-order valence-electron chi connectivity index (χ1n) is 7.82. The molecule has 2 heterocycles. The zero-order valence-electron chi connectivity index (χ0n) is 12.9. The van der Waals surface area contributed by atoms with Crippen molar-refractivity contribution < 1.29 is 14.7 Å². The number of rotatable bonds is 4. The van der Waals surface area contributed by atoms with Gasteiger partial charge in [-0.2, -0.15) is 0 Å². The number of H-pyrrole nitrogens is 1. The van der Waals surface area contributed by atoms with Crippen LogP contribution in [0.15, 0.2) is 54.7 Å². The number of nitrogens with zero attached hydrogens (tertiary/aromatic N) is 1. The van der Waals surface area contributed by atoms with Crippen LogP contribution in [0.2, 0.25) is 0 Å². The third-order valence-corrected chi connectivity index (χ3v) is 4.53. The average Bonchev–Trinajstić information content (AvgIpc) is 3.12. The fourth-order valence-corrected chi connectivity index (χ4v) is 3.47. The summed E-state index contributed by atoms with van der Waals surface area (Å²) in [7, 11) is 0. The van der Waals surface area contributed by atoms with E-state index < -0.39 is 5.97 Å². The van der Waals surface area contributed by atoms with Crippen molar-refractivity contribution in [2.45, 2.75) is 12.5 Å². The van der Waals surface area contributed by atoms with Crippen LogP contribution in [-0.2, 0) is 4.79 Å². The largest absolute Gasteiger partial charge is 0.550 e. The van der Waals surface area contributed by atoms with Gasteiger partial charge in [-0.05, 0) is 17.7 Å². The Kier molecular flexibility index (Phi) is 3.34. The van der Waals surface area contributed by atoms with Crippen molar-refractivity contribution in [1.82, 2.24) is 9.88 Å². The summed E-state index contributed by atoms with van der Waals surface area (Å²) in [6.45, 7) is 0.125. The molecule has 1 aliphatic heterocycles. The highest BCUT2D eigenvalue weighted by Gasteiger charge is 2.38. The molecule has 1 N–H and O–H groups in total. The Bertz CT molecular complexity index is 944. The Morgan fingerprint density at radius 3 is 2.67 bits per heavy atom. The molecule has 5 nitrogen and oxygen atoms in total. The third-order valence-electron chi connectivity index (χ3n) is 4.53. The van der Waals surface area contributed by atoms with Crippen molar-refractivity contribution in [2.24, 2.45) is 0 Å². The van der Waals surface area contributed by atoms with Crippen molar-refractivity contribution in [3.8, 4) is 0 Å². The molecular weight excluding hydrogens is 304 g/mol. The van der Waals surface area contributed by atoms with Gasteiger partial charge < -0.3 is 19.8 Å². The maximum absolute atomic E-state index is 12.8. The lowest BCUT2D eigenvalue weighted by atomic mass is 9.97. The second-order valence-electron chi connectivity index (χ2n) is 5.90. The lowest BCUT2D eigenvalue weighted by Crippen LogP contribution is -2.34. The van der Waals surface area contributed by atoms with Gasteiger partial charge in [0, 0.05) is 47.2 Å². The molecule has 0 spiro atoms. The van der Waals surface area contributed by atoms with Crippen molar-refractivity contribution in [1.29, 1.82) is 0 Å². The van der Waals surface area contributed by atoms with E-state index >= 15 is 0 Å². The van der Waals surface area contributed by atoms with Gasteiger partial charge in [-0.3, -0.25) is 4.79 Å². The van der Waals surface area contributed by atoms with Crippen LogP contribution in [0.1, 0.15) is 33.9 Å². The zero-order chi connectivity index (χ0) is 16.7. The number of aromatic nitrogens is 1. The zero-order valence-corrected chi connectivity index (χ0v) is 12.9. The monoisotopic (exact) mass is 319 g/mol. The number of carboxylic acid groups (broad SMARTS) is 1. The molecule has 4 rings (SSSR count). The Hall–Kier alpha value is -3.08. The smallest absolute Gasteiger partial charge is 0.255 e. The minimum atomic E-state index is -1.16. The van der Waals surface area contributed by atoms with Crippen molar-refractivity contribution in [3.63, 3.8) is 0 Å². The molecule has 0 saturated carbocycles. The Labute approximate surface area is 138 Å². The van der Waals surface area contributed by atoms with Gasteiger partial charge in [-0.1, -0.05) is 36.4 Å². The molecule has 1 amide bonds. The van der Waals surface area contributed by atoms with E-state index in [0.717, 1.165) is 22.0 Å². The fraction of sp³-hybridized carbons (Fsp3) is 0.158. The normalized spacial score (nSPS) is 16.6. The number of aromatic amines is 1. The van der Waals surface area contributed by atoms with E-state index in [0.29, 0.717) is 5.56 Å². The van der Waals surface area contributed by atoms with Gasteiger partial charge in [-0.15, -0.1) is 0 Å². The number of carbonyl (C=O) groups is 2. The van der Waals surface area contributed by atoms with E-state index in [-0.39, 0.29) is 24.9 Å². The van der Waals surface area contributed by atoms with E-state index in [1.54, 1.807) is 11.0 Å². The number of nitrogens with one attached hydrogen (secondary N) is 1. The number of carboxylic acids is 1. The summed E-state index contributed by atoms with van der Waals surface area (Å²) >= 11 is 0. The first-order valence-corrected chi connectivity index (χ1v) is 7.82. The van der Waals surface area contributed by atoms with E-state index in [9.17, 15) is 14.7 Å². The number of benzene rings is 2. The molecule has 0 unspecified atom stereocenters. The van der Waals surface area contributed by atoms with Crippen LogP contribution in [0.4, 0.5) is 0 Å². The molecular formula is C19H15N2O3-. The summed E-state index contributed by atoms with van der Waals surface area (Å²) < 4.78 is 0. The first kappa shape index (κ1) is 14.5. The van der Waals surface area contributed by atoms with Gasteiger partial charge >= 0.3 is 0 Å². The summed E-state index contributed by atoms with van der Waals surface area (Å²) in [6.07, 6.45) is 1.72. The molecule has 1 aromatic heterocycles. The SMILES string of the molecule is O=C([O-])CCN1C(=O)c2ccccc2[C@H]1c1c[nH]c2ccccc12. The third kappa shape index (κ3) is 2.17. The summed E-state index contributed by atoms with van der Waals surface area (Å²) in [5.41, 5.74) is 3.50.